The Morgan fingerprint density at radius 1 is 1.21 bits per heavy atom. The molecule has 1 heterocycles. The van der Waals surface area contributed by atoms with Gasteiger partial charge in [0.1, 0.15) is 18.2 Å². The van der Waals surface area contributed by atoms with Gasteiger partial charge in [0, 0.05) is 24.6 Å². The minimum atomic E-state index is -0.851. The molecule has 43 heavy (non-hydrogen) atoms. The van der Waals surface area contributed by atoms with E-state index in [9.17, 15) is 19.2 Å². The van der Waals surface area contributed by atoms with Crippen molar-refractivity contribution in [1.82, 2.24) is 15.5 Å². The van der Waals surface area contributed by atoms with Crippen molar-refractivity contribution in [3.63, 3.8) is 0 Å². The van der Waals surface area contributed by atoms with E-state index in [0.717, 1.165) is 11.1 Å². The molecule has 2 fully saturated rings. The van der Waals surface area contributed by atoms with Gasteiger partial charge in [0.15, 0.2) is 5.78 Å². The summed E-state index contributed by atoms with van der Waals surface area (Å²) in [5.74, 6) is 1.29. The van der Waals surface area contributed by atoms with Gasteiger partial charge in [0.05, 0.1) is 24.1 Å². The van der Waals surface area contributed by atoms with Crippen LogP contribution in [0.1, 0.15) is 71.6 Å². The predicted octanol–water partition coefficient (Wildman–Crippen LogP) is 3.90. The number of benzene rings is 1. The molecule has 1 unspecified atom stereocenters. The van der Waals surface area contributed by atoms with Gasteiger partial charge in [0.25, 0.3) is 0 Å². The average Bonchev–Trinajstić information content (AvgIpc) is 3.36. The van der Waals surface area contributed by atoms with Crippen LogP contribution in [0.2, 0.25) is 0 Å². The number of thioether (sulfide) groups is 1. The number of terminal acetylenes is 1. The third kappa shape index (κ3) is 7.21. The Morgan fingerprint density at radius 2 is 1.91 bits per heavy atom. The van der Waals surface area contributed by atoms with Crippen molar-refractivity contribution in [3.05, 3.63) is 35.4 Å². The quantitative estimate of drug-likeness (QED) is 0.450. The van der Waals surface area contributed by atoms with Crippen LogP contribution < -0.4 is 10.6 Å². The number of carbonyl (C=O) groups is 4. The van der Waals surface area contributed by atoms with Gasteiger partial charge in [-0.1, -0.05) is 44.0 Å². The van der Waals surface area contributed by atoms with Gasteiger partial charge < -0.3 is 20.1 Å². The minimum Gasteiger partial charge on any atom is -0.444 e. The summed E-state index contributed by atoms with van der Waals surface area (Å²) >= 11 is 1.70. The summed E-state index contributed by atoms with van der Waals surface area (Å²) in [5, 5.41) is 6.11. The molecule has 2 N–H and O–H groups in total. The second kappa shape index (κ2) is 12.9. The highest BCUT2D eigenvalue weighted by Gasteiger charge is 2.57. The van der Waals surface area contributed by atoms with Crippen LogP contribution in [0.4, 0.5) is 4.79 Å². The van der Waals surface area contributed by atoms with E-state index in [0.29, 0.717) is 25.0 Å². The number of fused-ring (bicyclic) bond motifs is 2. The number of hydrogen-bond acceptors (Lipinski definition) is 7. The summed E-state index contributed by atoms with van der Waals surface area (Å²) in [4.78, 5) is 55.4. The molecule has 1 aromatic carbocycles. The molecular formula is C33H45N3O6S. The molecule has 0 aromatic heterocycles. The second-order valence-corrected chi connectivity index (χ2v) is 14.9. The molecular weight excluding hydrogens is 566 g/mol. The van der Waals surface area contributed by atoms with Crippen LogP contribution in [-0.4, -0.2) is 77.0 Å². The number of Topliss-reactive ketones (excluding diaryl/α,β-unsaturated/α-hetero) is 1. The molecule has 1 aliphatic heterocycles. The first kappa shape index (κ1) is 32.9. The standard InChI is InChI=1S/C33H45N3O6S/c1-9-15-41-23-17-20-12-10-11-13-21(20)27(23)35-30(39)26-25-24(18-33(26,6)7)43-16-14-22(28(25)37)34-29(38)19(2)36(8)31(40)42-32(3,4)5/h1,10-13,19,22-27H,14-18H2,2-8H3,(H,34,38)(H,35,39)/t19-,22-,23+,24-,25?,26+,27-/m0/s1. The van der Waals surface area contributed by atoms with Crippen LogP contribution in [0, 0.1) is 29.6 Å². The largest absolute Gasteiger partial charge is 0.444 e. The molecule has 0 spiro atoms. The third-order valence-electron chi connectivity index (χ3n) is 8.84. The molecule has 1 saturated heterocycles. The summed E-state index contributed by atoms with van der Waals surface area (Å²) in [6.45, 7) is 11.1. The van der Waals surface area contributed by atoms with Crippen molar-refractivity contribution in [2.75, 3.05) is 19.4 Å². The lowest BCUT2D eigenvalue weighted by molar-refractivity contribution is -0.138. The van der Waals surface area contributed by atoms with E-state index in [1.807, 2.05) is 38.1 Å². The number of ketones is 1. The summed E-state index contributed by atoms with van der Waals surface area (Å²) in [6, 6.07) is 5.95. The fourth-order valence-electron chi connectivity index (χ4n) is 6.60. The molecule has 9 nitrogen and oxygen atoms in total. The van der Waals surface area contributed by atoms with Crippen molar-refractivity contribution in [3.8, 4) is 12.3 Å². The molecule has 1 aromatic rings. The molecule has 3 aliphatic rings. The van der Waals surface area contributed by atoms with E-state index in [2.05, 4.69) is 16.6 Å². The molecule has 0 radical (unpaired) electrons. The first-order chi connectivity index (χ1) is 20.1. The van der Waals surface area contributed by atoms with Gasteiger partial charge in [-0.15, -0.1) is 6.42 Å². The van der Waals surface area contributed by atoms with Crippen LogP contribution >= 0.6 is 11.8 Å². The van der Waals surface area contributed by atoms with Gasteiger partial charge in [-0.05, 0) is 62.8 Å². The lowest BCUT2D eigenvalue weighted by Gasteiger charge is -2.33. The van der Waals surface area contributed by atoms with E-state index in [4.69, 9.17) is 15.9 Å². The Hall–Kier alpha value is -3.03. The maximum absolute atomic E-state index is 14.2. The smallest absolute Gasteiger partial charge is 0.410 e. The maximum Gasteiger partial charge on any atom is 0.410 e. The summed E-state index contributed by atoms with van der Waals surface area (Å²) in [7, 11) is 1.50. The Bertz CT molecular complexity index is 1280. The van der Waals surface area contributed by atoms with Gasteiger partial charge in [-0.2, -0.15) is 11.8 Å². The zero-order valence-corrected chi connectivity index (χ0v) is 27.1. The lowest BCUT2D eigenvalue weighted by Crippen LogP contribution is -2.54. The Morgan fingerprint density at radius 3 is 2.58 bits per heavy atom. The number of carbonyl (C=O) groups excluding carboxylic acids is 4. The van der Waals surface area contributed by atoms with Gasteiger partial charge in [0.2, 0.25) is 11.8 Å². The molecule has 4 rings (SSSR count). The number of rotatable bonds is 7. The first-order valence-electron chi connectivity index (χ1n) is 15.0. The summed E-state index contributed by atoms with van der Waals surface area (Å²) < 4.78 is 11.4. The number of hydrogen-bond donors (Lipinski definition) is 2. The molecule has 1 saturated carbocycles. The van der Waals surface area contributed by atoms with Crippen LogP contribution in [0.15, 0.2) is 24.3 Å². The maximum atomic E-state index is 14.2. The lowest BCUT2D eigenvalue weighted by atomic mass is 9.75. The molecule has 7 atom stereocenters. The number of likely N-dealkylation sites (N-methyl/N-ethyl adjacent to an activating group) is 1. The highest BCUT2D eigenvalue weighted by Crippen LogP contribution is 2.53. The topological polar surface area (TPSA) is 114 Å². The average molecular weight is 612 g/mol. The van der Waals surface area contributed by atoms with Crippen LogP contribution in [0.25, 0.3) is 0 Å². The Labute approximate surface area is 259 Å². The van der Waals surface area contributed by atoms with Gasteiger partial charge in [-0.3, -0.25) is 19.3 Å². The van der Waals surface area contributed by atoms with Crippen molar-refractivity contribution in [2.45, 2.75) is 95.9 Å². The van der Waals surface area contributed by atoms with Crippen molar-refractivity contribution < 1.29 is 28.7 Å². The van der Waals surface area contributed by atoms with Gasteiger partial charge >= 0.3 is 6.09 Å². The van der Waals surface area contributed by atoms with Crippen LogP contribution in [-0.2, 0) is 30.3 Å². The fraction of sp³-hybridized carbons (Fsp3) is 0.636. The molecule has 2 aliphatic carbocycles. The number of ether oxygens (including phenoxy) is 2. The molecule has 234 valence electrons. The van der Waals surface area contributed by atoms with Crippen LogP contribution in [0.5, 0.6) is 0 Å². The predicted molar refractivity (Wildman–Crippen MR) is 166 cm³/mol. The Kier molecular flexibility index (Phi) is 9.87. The fourth-order valence-corrected chi connectivity index (χ4v) is 8.32. The number of nitrogens with one attached hydrogen (secondary N) is 2. The molecule has 3 amide bonds. The van der Waals surface area contributed by atoms with E-state index in [-0.39, 0.29) is 35.7 Å². The number of nitrogens with zero attached hydrogens (tertiary/aromatic N) is 1. The highest BCUT2D eigenvalue weighted by molar-refractivity contribution is 7.99. The van der Waals surface area contributed by atoms with E-state index in [1.54, 1.807) is 39.5 Å². The highest BCUT2D eigenvalue weighted by atomic mass is 32.2. The van der Waals surface area contributed by atoms with Crippen molar-refractivity contribution in [1.29, 1.82) is 0 Å². The molecule has 0 bridgehead atoms. The van der Waals surface area contributed by atoms with Crippen molar-refractivity contribution in [2.24, 2.45) is 17.3 Å². The first-order valence-corrected chi connectivity index (χ1v) is 16.0. The Balaban J connectivity index is 1.52. The normalized spacial score (nSPS) is 28.5. The minimum absolute atomic E-state index is 0.0358. The van der Waals surface area contributed by atoms with Crippen LogP contribution in [0.3, 0.4) is 0 Å². The van der Waals surface area contributed by atoms with E-state index in [1.165, 1.54) is 11.9 Å². The monoisotopic (exact) mass is 611 g/mol. The van der Waals surface area contributed by atoms with E-state index < -0.39 is 46.9 Å². The number of amides is 3. The zero-order chi connectivity index (χ0) is 31.7. The third-order valence-corrected chi connectivity index (χ3v) is 10.2. The SMILES string of the molecule is C#CCO[C@@H]1Cc2ccccc2[C@@H]1NC(=O)[C@H]1C2C(=O)[C@@H](NC(=O)[C@H](C)N(C)C(=O)OC(C)(C)C)CCS[C@H]2CC1(C)C. The summed E-state index contributed by atoms with van der Waals surface area (Å²) in [6.07, 6.45) is 6.35. The molecule has 10 heteroatoms. The van der Waals surface area contributed by atoms with Crippen molar-refractivity contribution >= 4 is 35.5 Å². The second-order valence-electron chi connectivity index (χ2n) is 13.6. The summed E-state index contributed by atoms with van der Waals surface area (Å²) in [5.41, 5.74) is 0.961. The zero-order valence-electron chi connectivity index (χ0n) is 26.3. The van der Waals surface area contributed by atoms with E-state index >= 15 is 0 Å². The van der Waals surface area contributed by atoms with Gasteiger partial charge in [-0.25, -0.2) is 4.79 Å².